The third-order valence-electron chi connectivity index (χ3n) is 3.84. The van der Waals surface area contributed by atoms with E-state index in [2.05, 4.69) is 24.0 Å². The Bertz CT molecular complexity index is 847. The van der Waals surface area contributed by atoms with E-state index in [0.29, 0.717) is 17.1 Å². The summed E-state index contributed by atoms with van der Waals surface area (Å²) in [6, 6.07) is 6.21. The summed E-state index contributed by atoms with van der Waals surface area (Å²) >= 11 is 6.73. The van der Waals surface area contributed by atoms with Crippen molar-refractivity contribution in [1.29, 1.82) is 0 Å². The zero-order valence-electron chi connectivity index (χ0n) is 13.1. The fraction of sp³-hybridized carbons (Fsp3) is 0.294. The van der Waals surface area contributed by atoms with Crippen LogP contribution in [0.3, 0.4) is 0 Å². The lowest BCUT2D eigenvalue weighted by molar-refractivity contribution is 0.183. The fourth-order valence-corrected chi connectivity index (χ4v) is 3.92. The number of aromatic nitrogens is 1. The molecule has 0 atom stereocenters. The van der Waals surface area contributed by atoms with Gasteiger partial charge < -0.3 is 9.84 Å². The molecule has 0 saturated carbocycles. The summed E-state index contributed by atoms with van der Waals surface area (Å²) in [5.74, 6) is 0.193. The Morgan fingerprint density at radius 2 is 2.26 bits per heavy atom. The number of hydrogen-bond donors (Lipinski definition) is 1. The predicted octanol–water partition coefficient (Wildman–Crippen LogP) is 4.45. The molecule has 0 fully saturated rings. The maximum Gasteiger partial charge on any atom is 0.210 e. The van der Waals surface area contributed by atoms with Crippen molar-refractivity contribution >= 4 is 47.1 Å². The van der Waals surface area contributed by atoms with E-state index in [1.165, 1.54) is 16.9 Å². The number of aliphatic imine (C=N–C) groups is 1. The number of para-hydroxylation sites is 1. The van der Waals surface area contributed by atoms with Gasteiger partial charge in [-0.3, -0.25) is 9.56 Å². The van der Waals surface area contributed by atoms with Crippen molar-refractivity contribution in [3.05, 3.63) is 38.2 Å². The number of nitrogens with zero attached hydrogens (tertiary/aromatic N) is 2. The van der Waals surface area contributed by atoms with Crippen LogP contribution in [0.5, 0.6) is 5.88 Å². The minimum Gasteiger partial charge on any atom is -0.493 e. The summed E-state index contributed by atoms with van der Waals surface area (Å²) in [5, 5.41) is 10.4. The number of rotatable bonds is 5. The number of allylic oxidation sites excluding steroid dienone is 1. The second-order valence-corrected chi connectivity index (χ2v) is 6.90. The van der Waals surface area contributed by atoms with Gasteiger partial charge in [0.05, 0.1) is 23.7 Å². The lowest BCUT2D eigenvalue weighted by Gasteiger charge is -2.05. The molecule has 0 aliphatic carbocycles. The van der Waals surface area contributed by atoms with Gasteiger partial charge in [0.2, 0.25) is 5.88 Å². The molecule has 0 unspecified atom stereocenters. The highest BCUT2D eigenvalue weighted by atomic mass is 32.1. The fourth-order valence-electron chi connectivity index (χ4n) is 2.61. The van der Waals surface area contributed by atoms with Crippen molar-refractivity contribution in [1.82, 2.24) is 4.57 Å². The van der Waals surface area contributed by atoms with Crippen LogP contribution in [0.1, 0.15) is 22.9 Å². The molecule has 0 radical (unpaired) electrons. The first kappa shape index (κ1) is 16.1. The summed E-state index contributed by atoms with van der Waals surface area (Å²) in [5.41, 5.74) is 4.37. The topological polar surface area (TPSA) is 46.8 Å². The zero-order valence-corrected chi connectivity index (χ0v) is 14.7. The molecule has 1 N–H and O–H groups in total. The number of benzene rings is 1. The van der Waals surface area contributed by atoms with Crippen LogP contribution in [0.25, 0.3) is 11.6 Å². The van der Waals surface area contributed by atoms with Crippen molar-refractivity contribution in [3.63, 3.8) is 0 Å². The molecule has 2 heterocycles. The number of hydrogen-bond acceptors (Lipinski definition) is 5. The van der Waals surface area contributed by atoms with Gasteiger partial charge in [-0.25, -0.2) is 0 Å². The molecule has 1 aliphatic rings. The lowest BCUT2D eigenvalue weighted by Crippen LogP contribution is -2.03. The largest absolute Gasteiger partial charge is 0.493 e. The van der Waals surface area contributed by atoms with Gasteiger partial charge in [-0.15, -0.1) is 11.3 Å². The summed E-state index contributed by atoms with van der Waals surface area (Å²) in [4.78, 5) is 5.29. The predicted molar refractivity (Wildman–Crippen MR) is 98.5 cm³/mol. The molecular formula is C17H18N2O2S2. The first-order chi connectivity index (χ1) is 11.2. The average Bonchev–Trinajstić information content (AvgIpc) is 3.08. The van der Waals surface area contributed by atoms with Crippen molar-refractivity contribution in [2.45, 2.75) is 19.9 Å². The highest BCUT2D eigenvalue weighted by Gasteiger charge is 2.17. The van der Waals surface area contributed by atoms with E-state index in [4.69, 9.17) is 17.0 Å². The van der Waals surface area contributed by atoms with E-state index < -0.39 is 0 Å². The lowest BCUT2D eigenvalue weighted by atomic mass is 10.0. The molecule has 6 heteroatoms. The van der Waals surface area contributed by atoms with Crippen molar-refractivity contribution in [2.75, 3.05) is 13.7 Å². The van der Waals surface area contributed by atoms with E-state index in [0.717, 1.165) is 28.1 Å². The number of aromatic hydroxyl groups is 1. The number of methoxy groups -OCH3 is 1. The Kier molecular flexibility index (Phi) is 4.75. The van der Waals surface area contributed by atoms with E-state index >= 15 is 0 Å². The molecule has 1 aromatic carbocycles. The number of thiazole rings is 1. The number of fused-ring (bicyclic) bond motifs is 1. The molecule has 3 rings (SSSR count). The zero-order chi connectivity index (χ0) is 16.4. The summed E-state index contributed by atoms with van der Waals surface area (Å²) in [6.07, 6.45) is 4.75. The summed E-state index contributed by atoms with van der Waals surface area (Å²) < 4.78 is 7.40. The van der Waals surface area contributed by atoms with Crippen LogP contribution in [0.2, 0.25) is 0 Å². The smallest absolute Gasteiger partial charge is 0.210 e. The van der Waals surface area contributed by atoms with Crippen LogP contribution in [0.15, 0.2) is 23.2 Å². The molecule has 1 aliphatic heterocycles. The van der Waals surface area contributed by atoms with Gasteiger partial charge in [-0.2, -0.15) is 0 Å². The number of aryl methyl sites for hydroxylation is 1. The van der Waals surface area contributed by atoms with Crippen LogP contribution < -0.4 is 0 Å². The van der Waals surface area contributed by atoms with E-state index in [-0.39, 0.29) is 5.88 Å². The third-order valence-corrected chi connectivity index (χ3v) is 5.23. The Hall–Kier alpha value is -1.76. The Labute approximate surface area is 144 Å². The van der Waals surface area contributed by atoms with Gasteiger partial charge in [-0.1, -0.05) is 25.1 Å². The quantitative estimate of drug-likeness (QED) is 0.814. The van der Waals surface area contributed by atoms with Crippen molar-refractivity contribution in [3.8, 4) is 5.88 Å². The normalized spacial score (nSPS) is 14.6. The van der Waals surface area contributed by atoms with Crippen LogP contribution in [0.4, 0.5) is 5.69 Å². The second-order valence-electron chi connectivity index (χ2n) is 5.22. The molecule has 2 aromatic rings. The highest BCUT2D eigenvalue weighted by Crippen LogP contribution is 2.38. The molecule has 23 heavy (non-hydrogen) atoms. The summed E-state index contributed by atoms with van der Waals surface area (Å²) in [7, 11) is 1.63. The van der Waals surface area contributed by atoms with Gasteiger partial charge in [0.15, 0.2) is 3.95 Å². The van der Waals surface area contributed by atoms with Gasteiger partial charge >= 0.3 is 0 Å². The molecule has 0 amide bonds. The molecule has 0 bridgehead atoms. The third kappa shape index (κ3) is 3.02. The monoisotopic (exact) mass is 346 g/mol. The molecule has 0 saturated heterocycles. The van der Waals surface area contributed by atoms with Gasteiger partial charge in [0, 0.05) is 24.5 Å². The molecule has 120 valence electrons. The number of ether oxygens (including phenoxy) is 1. The van der Waals surface area contributed by atoms with Crippen LogP contribution in [-0.2, 0) is 17.7 Å². The molecular weight excluding hydrogens is 328 g/mol. The van der Waals surface area contributed by atoms with Crippen molar-refractivity contribution < 1.29 is 9.84 Å². The SMILES string of the molecule is CCc1cccc2c1N=CC2=Cc1sc(=S)n(CCOC)c1O. The minimum absolute atomic E-state index is 0.193. The molecule has 1 aromatic heterocycles. The Morgan fingerprint density at radius 3 is 3.00 bits per heavy atom. The van der Waals surface area contributed by atoms with Gasteiger partial charge in [0.1, 0.15) is 0 Å². The molecule has 0 spiro atoms. The van der Waals surface area contributed by atoms with Crippen LogP contribution in [-0.4, -0.2) is 29.6 Å². The van der Waals surface area contributed by atoms with Gasteiger partial charge in [-0.05, 0) is 30.3 Å². The Morgan fingerprint density at radius 1 is 1.43 bits per heavy atom. The highest BCUT2D eigenvalue weighted by molar-refractivity contribution is 7.73. The second kappa shape index (κ2) is 6.78. The average molecular weight is 346 g/mol. The summed E-state index contributed by atoms with van der Waals surface area (Å²) in [6.45, 7) is 3.18. The maximum atomic E-state index is 10.4. The van der Waals surface area contributed by atoms with E-state index in [1.54, 1.807) is 11.7 Å². The van der Waals surface area contributed by atoms with Crippen LogP contribution >= 0.6 is 23.6 Å². The first-order valence-electron chi connectivity index (χ1n) is 7.45. The molecule has 4 nitrogen and oxygen atoms in total. The van der Waals surface area contributed by atoms with Crippen LogP contribution in [0, 0.1) is 3.95 Å². The van der Waals surface area contributed by atoms with Crippen molar-refractivity contribution in [2.24, 2.45) is 4.99 Å². The maximum absolute atomic E-state index is 10.4. The standard InChI is InChI=1S/C17H18N2O2S2/c1-3-11-5-4-6-13-12(10-18-15(11)13)9-14-16(20)19(7-8-21-2)17(22)23-14/h4-6,9-10,20H,3,7-8H2,1-2H3. The Balaban J connectivity index is 2.00. The van der Waals surface area contributed by atoms with E-state index in [9.17, 15) is 5.11 Å². The van der Waals surface area contributed by atoms with Gasteiger partial charge in [0.25, 0.3) is 0 Å². The first-order valence-corrected chi connectivity index (χ1v) is 8.67. The minimum atomic E-state index is 0.193. The van der Waals surface area contributed by atoms with E-state index in [1.807, 2.05) is 18.4 Å².